The molecule has 5 rings (SSSR count). The van der Waals surface area contributed by atoms with Crippen LogP contribution in [0.25, 0.3) is 5.78 Å². The molecule has 3 aromatic rings. The summed E-state index contributed by atoms with van der Waals surface area (Å²) in [6.45, 7) is 4.39. The zero-order valence-corrected chi connectivity index (χ0v) is 17.4. The molecule has 31 heavy (non-hydrogen) atoms. The molecule has 0 saturated carbocycles. The van der Waals surface area contributed by atoms with Crippen LogP contribution >= 0.6 is 0 Å². The minimum absolute atomic E-state index is 0.111. The fourth-order valence-electron chi connectivity index (χ4n) is 4.45. The fraction of sp³-hybridized carbons (Fsp3) is 0.476. The van der Waals surface area contributed by atoms with Crippen LogP contribution in [0.4, 0.5) is 0 Å². The Labute approximate surface area is 179 Å². The quantitative estimate of drug-likeness (QED) is 0.655. The van der Waals surface area contributed by atoms with E-state index in [2.05, 4.69) is 15.1 Å². The van der Waals surface area contributed by atoms with Crippen molar-refractivity contribution < 1.29 is 14.7 Å². The molecule has 2 amide bonds. The molecule has 0 unspecified atom stereocenters. The molecule has 3 aromatic heterocycles. The summed E-state index contributed by atoms with van der Waals surface area (Å²) in [5.74, 6) is 0.223. The molecule has 2 aliphatic rings. The molecule has 0 bridgehead atoms. The first-order chi connectivity index (χ1) is 15.0. The van der Waals surface area contributed by atoms with E-state index in [0.29, 0.717) is 55.6 Å². The number of hydrogen-bond donors (Lipinski definition) is 1. The molecule has 2 aliphatic heterocycles. The van der Waals surface area contributed by atoms with Gasteiger partial charge in [0.1, 0.15) is 5.69 Å². The Balaban J connectivity index is 1.39. The number of likely N-dealkylation sites (tertiary alicyclic amines) is 1. The van der Waals surface area contributed by atoms with Gasteiger partial charge < -0.3 is 14.9 Å². The summed E-state index contributed by atoms with van der Waals surface area (Å²) in [5.41, 5.74) is 2.35. The monoisotopic (exact) mass is 423 g/mol. The average Bonchev–Trinajstić information content (AvgIpc) is 3.25. The Bertz CT molecular complexity index is 1150. The maximum atomic E-state index is 13.4. The maximum absolute atomic E-state index is 13.4. The first-order valence-corrected chi connectivity index (χ1v) is 10.6. The summed E-state index contributed by atoms with van der Waals surface area (Å²) >= 11 is 0. The third-order valence-electron chi connectivity index (χ3n) is 5.98. The average molecular weight is 423 g/mol. The van der Waals surface area contributed by atoms with Crippen LogP contribution in [0.2, 0.25) is 0 Å². The van der Waals surface area contributed by atoms with Crippen molar-refractivity contribution in [2.75, 3.05) is 19.6 Å². The summed E-state index contributed by atoms with van der Waals surface area (Å²) in [7, 11) is 0. The summed E-state index contributed by atoms with van der Waals surface area (Å²) in [4.78, 5) is 38.3. The van der Waals surface area contributed by atoms with Crippen molar-refractivity contribution in [1.82, 2.24) is 33.9 Å². The van der Waals surface area contributed by atoms with Crippen molar-refractivity contribution >= 4 is 17.6 Å². The lowest BCUT2D eigenvalue weighted by Gasteiger charge is -2.29. The number of piperidine rings is 1. The summed E-state index contributed by atoms with van der Waals surface area (Å²) in [6.07, 6.45) is 5.22. The van der Waals surface area contributed by atoms with Crippen molar-refractivity contribution in [2.24, 2.45) is 0 Å². The molecule has 0 spiro atoms. The zero-order chi connectivity index (χ0) is 21.5. The van der Waals surface area contributed by atoms with E-state index in [1.165, 1.54) is 0 Å². The molecule has 1 atom stereocenters. The van der Waals surface area contributed by atoms with Crippen LogP contribution in [0.5, 0.6) is 0 Å². The molecule has 10 nitrogen and oxygen atoms in total. The topological polar surface area (TPSA) is 109 Å². The molecule has 162 valence electrons. The highest BCUT2D eigenvalue weighted by Gasteiger charge is 2.29. The fourth-order valence-corrected chi connectivity index (χ4v) is 4.45. The summed E-state index contributed by atoms with van der Waals surface area (Å²) < 4.78 is 3.54. The molecule has 1 saturated heterocycles. The predicted molar refractivity (Wildman–Crippen MR) is 110 cm³/mol. The second-order valence-corrected chi connectivity index (χ2v) is 8.21. The Morgan fingerprint density at radius 3 is 2.81 bits per heavy atom. The van der Waals surface area contributed by atoms with Crippen LogP contribution in [0.15, 0.2) is 24.5 Å². The third-order valence-corrected chi connectivity index (χ3v) is 5.98. The molecule has 10 heteroatoms. The lowest BCUT2D eigenvalue weighted by atomic mass is 10.1. The number of aromatic nitrogens is 5. The van der Waals surface area contributed by atoms with E-state index in [-0.39, 0.29) is 11.8 Å². The lowest BCUT2D eigenvalue weighted by molar-refractivity contribution is 0.0468. The Kier molecular flexibility index (Phi) is 4.93. The van der Waals surface area contributed by atoms with Gasteiger partial charge in [-0.3, -0.25) is 18.7 Å². The van der Waals surface area contributed by atoms with E-state index in [1.807, 2.05) is 11.6 Å². The summed E-state index contributed by atoms with van der Waals surface area (Å²) in [6, 6.07) is 3.55. The smallest absolute Gasteiger partial charge is 0.274 e. The zero-order valence-electron chi connectivity index (χ0n) is 17.4. The highest BCUT2D eigenvalue weighted by atomic mass is 16.3. The minimum atomic E-state index is -0.477. The van der Waals surface area contributed by atoms with E-state index in [1.54, 1.807) is 38.7 Å². The number of fused-ring (bicyclic) bond motifs is 2. The van der Waals surface area contributed by atoms with Crippen LogP contribution in [-0.4, -0.2) is 76.6 Å². The van der Waals surface area contributed by atoms with Crippen LogP contribution in [0.3, 0.4) is 0 Å². The van der Waals surface area contributed by atoms with Gasteiger partial charge in [0.05, 0.1) is 24.0 Å². The van der Waals surface area contributed by atoms with Gasteiger partial charge in [-0.25, -0.2) is 9.97 Å². The Hall–Kier alpha value is -3.27. The van der Waals surface area contributed by atoms with E-state index < -0.39 is 6.10 Å². The van der Waals surface area contributed by atoms with E-state index in [4.69, 9.17) is 0 Å². The van der Waals surface area contributed by atoms with Gasteiger partial charge in [0, 0.05) is 38.6 Å². The predicted octanol–water partition coefficient (Wildman–Crippen LogP) is 0.877. The van der Waals surface area contributed by atoms with Crippen molar-refractivity contribution in [3.63, 3.8) is 0 Å². The number of nitrogens with zero attached hydrogens (tertiary/aromatic N) is 7. The van der Waals surface area contributed by atoms with Gasteiger partial charge >= 0.3 is 0 Å². The van der Waals surface area contributed by atoms with Crippen molar-refractivity contribution in [3.8, 4) is 0 Å². The number of rotatable bonds is 2. The van der Waals surface area contributed by atoms with Gasteiger partial charge in [-0.05, 0) is 38.3 Å². The second-order valence-electron chi connectivity index (χ2n) is 8.21. The number of β-amino-alcohol motifs (C(OH)–C–C–N with tert-alkyl or cyclic N) is 1. The van der Waals surface area contributed by atoms with Crippen LogP contribution in [0, 0.1) is 6.92 Å². The first kappa shape index (κ1) is 19.7. The first-order valence-electron chi connectivity index (χ1n) is 10.6. The third kappa shape index (κ3) is 3.56. The summed E-state index contributed by atoms with van der Waals surface area (Å²) in [5, 5.41) is 14.4. The highest BCUT2D eigenvalue weighted by molar-refractivity contribution is 5.95. The SMILES string of the molecule is Cc1nc2ncccn2c1C(=O)N1CCCn2nc(C(=O)N3CCC[C@@H](O)C3)cc2C1. The Morgan fingerprint density at radius 2 is 1.97 bits per heavy atom. The number of amides is 2. The van der Waals surface area contributed by atoms with E-state index in [9.17, 15) is 14.7 Å². The molecular weight excluding hydrogens is 398 g/mol. The van der Waals surface area contributed by atoms with Gasteiger partial charge in [0.15, 0.2) is 5.69 Å². The highest BCUT2D eigenvalue weighted by Crippen LogP contribution is 2.20. The van der Waals surface area contributed by atoms with Gasteiger partial charge in [-0.2, -0.15) is 5.10 Å². The largest absolute Gasteiger partial charge is 0.391 e. The molecule has 0 aromatic carbocycles. The van der Waals surface area contributed by atoms with Crippen molar-refractivity contribution in [1.29, 1.82) is 0 Å². The van der Waals surface area contributed by atoms with Crippen LogP contribution in [0.1, 0.15) is 51.6 Å². The molecule has 1 N–H and O–H groups in total. The number of hydrogen-bond acceptors (Lipinski definition) is 6. The standard InChI is InChI=1S/C21H25N7O3/c1-14-18(27-9-3-6-22-21(27)23-14)20(31)25-8-4-10-28-15(12-25)11-17(24-28)19(30)26-7-2-5-16(29)13-26/h3,6,9,11,16,29H,2,4-5,7-8,10,12-13H2,1H3/t16-/m1/s1. The van der Waals surface area contributed by atoms with Gasteiger partial charge in [-0.1, -0.05) is 0 Å². The van der Waals surface area contributed by atoms with Crippen molar-refractivity contribution in [3.05, 3.63) is 47.3 Å². The molecule has 1 fully saturated rings. The van der Waals surface area contributed by atoms with Gasteiger partial charge in [0.2, 0.25) is 5.78 Å². The van der Waals surface area contributed by atoms with Crippen LogP contribution in [-0.2, 0) is 13.1 Å². The molecular formula is C21H25N7O3. The normalized spacial score (nSPS) is 19.4. The lowest BCUT2D eigenvalue weighted by Crippen LogP contribution is -2.42. The van der Waals surface area contributed by atoms with Crippen LogP contribution < -0.4 is 0 Å². The molecule has 5 heterocycles. The number of carbonyl (C=O) groups excluding carboxylic acids is 2. The number of aliphatic hydroxyl groups excluding tert-OH is 1. The second kappa shape index (κ2) is 7.77. The van der Waals surface area contributed by atoms with Crippen molar-refractivity contribution in [2.45, 2.75) is 45.4 Å². The van der Waals surface area contributed by atoms with E-state index >= 15 is 0 Å². The number of aliphatic hydroxyl groups is 1. The number of imidazole rings is 1. The minimum Gasteiger partial charge on any atom is -0.391 e. The number of carbonyl (C=O) groups is 2. The Morgan fingerprint density at radius 1 is 1.13 bits per heavy atom. The van der Waals surface area contributed by atoms with Gasteiger partial charge in [-0.15, -0.1) is 0 Å². The van der Waals surface area contributed by atoms with Gasteiger partial charge in [0.25, 0.3) is 11.8 Å². The maximum Gasteiger partial charge on any atom is 0.274 e. The molecule has 0 radical (unpaired) electrons. The number of aryl methyl sites for hydroxylation is 2. The molecule has 0 aliphatic carbocycles. The van der Waals surface area contributed by atoms with E-state index in [0.717, 1.165) is 25.0 Å².